The second kappa shape index (κ2) is 9.14. The van der Waals surface area contributed by atoms with Gasteiger partial charge in [-0.3, -0.25) is 19.4 Å². The topological polar surface area (TPSA) is 99.9 Å². The SMILES string of the molecule is Cc1ccc(N2C(=O)N(CC(=O)N(Cc3nnc(-c4ccccc4Cl)o3)C3CC3)C(=O)C2C)cc1. The van der Waals surface area contributed by atoms with Crippen molar-refractivity contribution in [1.82, 2.24) is 20.0 Å². The van der Waals surface area contributed by atoms with Crippen LogP contribution >= 0.6 is 11.6 Å². The molecule has 0 N–H and O–H groups in total. The number of aromatic nitrogens is 2. The van der Waals surface area contributed by atoms with Gasteiger partial charge >= 0.3 is 6.03 Å². The molecule has 1 atom stereocenters. The Morgan fingerprint density at radius 2 is 1.83 bits per heavy atom. The molecule has 5 rings (SSSR count). The van der Waals surface area contributed by atoms with Crippen molar-refractivity contribution in [2.24, 2.45) is 0 Å². The Labute approximate surface area is 207 Å². The number of anilines is 1. The maximum atomic E-state index is 13.3. The lowest BCUT2D eigenvalue weighted by Crippen LogP contribution is -2.44. The number of amides is 4. The molecule has 9 nitrogen and oxygen atoms in total. The second-order valence-electron chi connectivity index (χ2n) is 8.82. The van der Waals surface area contributed by atoms with Gasteiger partial charge in [0.05, 0.1) is 17.1 Å². The summed E-state index contributed by atoms with van der Waals surface area (Å²) in [5, 5.41) is 8.62. The van der Waals surface area contributed by atoms with Crippen LogP contribution in [0.1, 0.15) is 31.2 Å². The van der Waals surface area contributed by atoms with Crippen LogP contribution in [0, 0.1) is 6.92 Å². The van der Waals surface area contributed by atoms with E-state index in [1.165, 1.54) is 4.90 Å². The maximum absolute atomic E-state index is 13.3. The van der Waals surface area contributed by atoms with Gasteiger partial charge in [0.2, 0.25) is 17.7 Å². The van der Waals surface area contributed by atoms with Crippen molar-refractivity contribution in [2.75, 3.05) is 11.4 Å². The summed E-state index contributed by atoms with van der Waals surface area (Å²) in [5.41, 5.74) is 2.27. The van der Waals surface area contributed by atoms with Crippen LogP contribution in [0.3, 0.4) is 0 Å². The van der Waals surface area contributed by atoms with Crippen molar-refractivity contribution in [1.29, 1.82) is 0 Å². The third-order valence-electron chi connectivity index (χ3n) is 6.24. The monoisotopic (exact) mass is 493 g/mol. The molecule has 0 spiro atoms. The third-order valence-corrected chi connectivity index (χ3v) is 6.57. The third kappa shape index (κ3) is 4.51. The van der Waals surface area contributed by atoms with Gasteiger partial charge < -0.3 is 9.32 Å². The number of nitrogens with zero attached hydrogens (tertiary/aromatic N) is 5. The maximum Gasteiger partial charge on any atom is 0.332 e. The minimum absolute atomic E-state index is 0.0107. The highest BCUT2D eigenvalue weighted by Crippen LogP contribution is 2.31. The molecule has 2 heterocycles. The van der Waals surface area contributed by atoms with E-state index in [4.69, 9.17) is 16.0 Å². The quantitative estimate of drug-likeness (QED) is 0.460. The molecule has 4 amide bonds. The number of hydrogen-bond acceptors (Lipinski definition) is 6. The summed E-state index contributed by atoms with van der Waals surface area (Å²) in [6.07, 6.45) is 1.68. The molecule has 180 valence electrons. The molecule has 0 radical (unpaired) electrons. The normalized spacial score (nSPS) is 17.9. The minimum Gasteiger partial charge on any atom is -0.419 e. The van der Waals surface area contributed by atoms with Gasteiger partial charge in [-0.15, -0.1) is 10.2 Å². The lowest BCUT2D eigenvalue weighted by molar-refractivity contribution is -0.138. The van der Waals surface area contributed by atoms with Crippen molar-refractivity contribution in [2.45, 2.75) is 45.3 Å². The molecule has 35 heavy (non-hydrogen) atoms. The smallest absolute Gasteiger partial charge is 0.332 e. The number of hydrogen-bond donors (Lipinski definition) is 0. The van der Waals surface area contributed by atoms with Crippen LogP contribution in [0.2, 0.25) is 5.02 Å². The summed E-state index contributed by atoms with van der Waals surface area (Å²) in [6, 6.07) is 13.3. The predicted molar refractivity (Wildman–Crippen MR) is 129 cm³/mol. The minimum atomic E-state index is -0.693. The summed E-state index contributed by atoms with van der Waals surface area (Å²) in [4.78, 5) is 43.3. The molecule has 1 aliphatic carbocycles. The van der Waals surface area contributed by atoms with Gasteiger partial charge in [-0.05, 0) is 51.0 Å². The Hall–Kier alpha value is -3.72. The van der Waals surface area contributed by atoms with Crippen LogP contribution in [-0.2, 0) is 16.1 Å². The number of imide groups is 1. The van der Waals surface area contributed by atoms with E-state index in [2.05, 4.69) is 10.2 Å². The molecule has 2 aromatic carbocycles. The van der Waals surface area contributed by atoms with Gasteiger partial charge in [-0.2, -0.15) is 0 Å². The van der Waals surface area contributed by atoms with E-state index >= 15 is 0 Å². The molecule has 3 aromatic rings. The number of urea groups is 1. The Balaban J connectivity index is 1.31. The average Bonchev–Trinajstić information content (AvgIpc) is 3.54. The van der Waals surface area contributed by atoms with Crippen LogP contribution in [0.15, 0.2) is 52.9 Å². The molecule has 2 fully saturated rings. The number of aryl methyl sites for hydroxylation is 1. The Morgan fingerprint density at radius 1 is 1.11 bits per heavy atom. The first-order valence-corrected chi connectivity index (χ1v) is 11.8. The molecule has 2 aliphatic rings. The Morgan fingerprint density at radius 3 is 2.51 bits per heavy atom. The van der Waals surface area contributed by atoms with Crippen LogP contribution in [0.5, 0.6) is 0 Å². The van der Waals surface area contributed by atoms with Crippen molar-refractivity contribution in [3.8, 4) is 11.5 Å². The van der Waals surface area contributed by atoms with E-state index in [0.717, 1.165) is 23.3 Å². The summed E-state index contributed by atoms with van der Waals surface area (Å²) in [7, 11) is 0. The molecule has 1 saturated heterocycles. The second-order valence-corrected chi connectivity index (χ2v) is 9.23. The molecule has 0 bridgehead atoms. The van der Waals surface area contributed by atoms with E-state index in [1.54, 1.807) is 42.2 Å². The van der Waals surface area contributed by atoms with E-state index in [0.29, 0.717) is 16.3 Å². The Bertz CT molecular complexity index is 1290. The fourth-order valence-electron chi connectivity index (χ4n) is 4.15. The van der Waals surface area contributed by atoms with Gasteiger partial charge in [-0.25, -0.2) is 4.79 Å². The number of benzene rings is 2. The van der Waals surface area contributed by atoms with Crippen LogP contribution in [0.25, 0.3) is 11.5 Å². The molecule has 10 heteroatoms. The van der Waals surface area contributed by atoms with Crippen molar-refractivity contribution < 1.29 is 18.8 Å². The number of carbonyl (C=O) groups excluding carboxylic acids is 3. The van der Waals surface area contributed by atoms with Crippen LogP contribution in [-0.4, -0.2) is 56.5 Å². The largest absolute Gasteiger partial charge is 0.419 e. The number of carbonyl (C=O) groups is 3. The summed E-state index contributed by atoms with van der Waals surface area (Å²) < 4.78 is 5.77. The lowest BCUT2D eigenvalue weighted by Gasteiger charge is -2.23. The number of halogens is 1. The highest BCUT2D eigenvalue weighted by Gasteiger charge is 2.45. The zero-order chi connectivity index (χ0) is 24.7. The average molecular weight is 494 g/mol. The zero-order valence-electron chi connectivity index (χ0n) is 19.3. The highest BCUT2D eigenvalue weighted by atomic mass is 35.5. The fraction of sp³-hybridized carbons (Fsp3) is 0.320. The van der Waals surface area contributed by atoms with Crippen molar-refractivity contribution in [3.63, 3.8) is 0 Å². The van der Waals surface area contributed by atoms with Gasteiger partial charge in [0, 0.05) is 11.7 Å². The van der Waals surface area contributed by atoms with Crippen LogP contribution < -0.4 is 4.90 Å². The van der Waals surface area contributed by atoms with Gasteiger partial charge in [0.25, 0.3) is 5.91 Å². The Kier molecular flexibility index (Phi) is 6.02. The van der Waals surface area contributed by atoms with Gasteiger partial charge in [-0.1, -0.05) is 41.4 Å². The van der Waals surface area contributed by atoms with E-state index < -0.39 is 18.0 Å². The van der Waals surface area contributed by atoms with Crippen LogP contribution in [0.4, 0.5) is 10.5 Å². The molecule has 1 aliphatic heterocycles. The van der Waals surface area contributed by atoms with E-state index in [1.807, 2.05) is 25.1 Å². The molecule has 1 saturated carbocycles. The summed E-state index contributed by atoms with van der Waals surface area (Å²) >= 11 is 6.22. The predicted octanol–water partition coefficient (Wildman–Crippen LogP) is 4.05. The van der Waals surface area contributed by atoms with Crippen molar-refractivity contribution in [3.05, 3.63) is 65.0 Å². The van der Waals surface area contributed by atoms with E-state index in [-0.39, 0.29) is 36.8 Å². The van der Waals surface area contributed by atoms with Gasteiger partial charge in [0.1, 0.15) is 12.6 Å². The first-order valence-electron chi connectivity index (χ1n) is 11.4. The standard InChI is InChI=1S/C25H24ClN5O4/c1-15-7-9-18(10-8-15)31-16(2)24(33)30(25(31)34)14-22(32)29(17-11-12-17)13-21-27-28-23(35-21)19-5-3-4-6-20(19)26/h3-10,16-17H,11-14H2,1-2H3. The van der Waals surface area contributed by atoms with Gasteiger partial charge in [0.15, 0.2) is 0 Å². The molecule has 1 unspecified atom stereocenters. The zero-order valence-corrected chi connectivity index (χ0v) is 20.1. The molecular formula is C25H24ClN5O4. The van der Waals surface area contributed by atoms with E-state index in [9.17, 15) is 14.4 Å². The molecule has 1 aromatic heterocycles. The fourth-order valence-corrected chi connectivity index (χ4v) is 4.37. The molecular weight excluding hydrogens is 470 g/mol. The van der Waals surface area contributed by atoms with Crippen molar-refractivity contribution >= 4 is 35.1 Å². The summed E-state index contributed by atoms with van der Waals surface area (Å²) in [6.45, 7) is 3.36. The summed E-state index contributed by atoms with van der Waals surface area (Å²) in [5.74, 6) is -0.224. The first-order chi connectivity index (χ1) is 16.8. The lowest BCUT2D eigenvalue weighted by atomic mass is 10.2. The first kappa shape index (κ1) is 23.0. The highest BCUT2D eigenvalue weighted by molar-refractivity contribution is 6.33. The number of rotatable bonds is 7.